The van der Waals surface area contributed by atoms with Gasteiger partial charge in [-0.25, -0.2) is 0 Å². The first kappa shape index (κ1) is 17.0. The first-order valence-electron chi connectivity index (χ1n) is 8.72. The van der Waals surface area contributed by atoms with E-state index in [0.29, 0.717) is 19.0 Å². The van der Waals surface area contributed by atoms with Crippen molar-refractivity contribution in [2.45, 2.75) is 51.6 Å². The van der Waals surface area contributed by atoms with Crippen LogP contribution in [0.5, 0.6) is 0 Å². The third kappa shape index (κ3) is 2.81. The summed E-state index contributed by atoms with van der Waals surface area (Å²) in [5, 5.41) is 7.00. The van der Waals surface area contributed by atoms with E-state index >= 15 is 0 Å². The first-order valence-corrected chi connectivity index (χ1v) is 8.72. The molecule has 3 rings (SSSR count). The van der Waals surface area contributed by atoms with Crippen molar-refractivity contribution in [3.8, 4) is 0 Å². The average molecular weight is 334 g/mol. The zero-order valence-electron chi connectivity index (χ0n) is 14.6. The zero-order valence-corrected chi connectivity index (χ0v) is 14.6. The normalized spacial score (nSPS) is 29.0. The summed E-state index contributed by atoms with van der Waals surface area (Å²) in [5.74, 6) is 0.373. The lowest BCUT2D eigenvalue weighted by Gasteiger charge is -2.34. The fraction of sp³-hybridized carbons (Fsp3) is 0.706. The molecule has 0 saturated carbocycles. The van der Waals surface area contributed by atoms with Crippen molar-refractivity contribution < 1.29 is 14.3 Å². The second-order valence-corrected chi connectivity index (χ2v) is 6.78. The van der Waals surface area contributed by atoms with Gasteiger partial charge in [-0.3, -0.25) is 19.2 Å². The van der Waals surface area contributed by atoms with Crippen molar-refractivity contribution in [1.29, 1.82) is 0 Å². The van der Waals surface area contributed by atoms with E-state index in [2.05, 4.69) is 15.3 Å². The molecule has 24 heavy (non-hydrogen) atoms. The maximum Gasteiger partial charge on any atom is 0.313 e. The SMILES string of the molecule is CCOC(=O)[C@@]1(CC)C[C@H]2CC[C@@H]1N2CC(=O)Nc1ccn(C)n1. The summed E-state index contributed by atoms with van der Waals surface area (Å²) in [5.41, 5.74) is -0.454. The number of esters is 1. The summed E-state index contributed by atoms with van der Waals surface area (Å²) in [4.78, 5) is 27.1. The van der Waals surface area contributed by atoms with Gasteiger partial charge in [0.25, 0.3) is 0 Å². The first-order chi connectivity index (χ1) is 11.5. The number of carbonyl (C=O) groups excluding carboxylic acids is 2. The van der Waals surface area contributed by atoms with Gasteiger partial charge in [-0.1, -0.05) is 6.92 Å². The van der Waals surface area contributed by atoms with Crippen LogP contribution in [0.15, 0.2) is 12.3 Å². The highest BCUT2D eigenvalue weighted by Crippen LogP contribution is 2.52. The Labute approximate surface area is 142 Å². The highest BCUT2D eigenvalue weighted by molar-refractivity contribution is 5.91. The number of nitrogens with one attached hydrogen (secondary N) is 1. The van der Waals surface area contributed by atoms with E-state index in [1.165, 1.54) is 0 Å². The lowest BCUT2D eigenvalue weighted by Crippen LogP contribution is -2.45. The summed E-state index contributed by atoms with van der Waals surface area (Å²) in [7, 11) is 1.81. The van der Waals surface area contributed by atoms with Crippen LogP contribution in [0.4, 0.5) is 5.82 Å². The van der Waals surface area contributed by atoms with Gasteiger partial charge in [-0.05, 0) is 32.6 Å². The second-order valence-electron chi connectivity index (χ2n) is 6.78. The molecule has 7 nitrogen and oxygen atoms in total. The number of ether oxygens (including phenoxy) is 1. The number of aryl methyl sites for hydroxylation is 1. The van der Waals surface area contributed by atoms with Crippen LogP contribution < -0.4 is 5.32 Å². The number of anilines is 1. The molecule has 1 amide bonds. The molecule has 0 unspecified atom stereocenters. The molecule has 3 heterocycles. The van der Waals surface area contributed by atoms with Crippen molar-refractivity contribution in [3.63, 3.8) is 0 Å². The van der Waals surface area contributed by atoms with E-state index in [1.807, 2.05) is 20.9 Å². The van der Waals surface area contributed by atoms with Gasteiger partial charge in [0.15, 0.2) is 5.82 Å². The molecule has 1 N–H and O–H groups in total. The van der Waals surface area contributed by atoms with Crippen molar-refractivity contribution in [2.75, 3.05) is 18.5 Å². The van der Waals surface area contributed by atoms with Crippen molar-refractivity contribution in [3.05, 3.63) is 12.3 Å². The smallest absolute Gasteiger partial charge is 0.313 e. The fourth-order valence-electron chi connectivity index (χ4n) is 4.39. The molecule has 2 bridgehead atoms. The number of carbonyl (C=O) groups is 2. The number of hydrogen-bond donors (Lipinski definition) is 1. The van der Waals surface area contributed by atoms with Gasteiger partial charge in [0.05, 0.1) is 18.6 Å². The second kappa shape index (κ2) is 6.55. The quantitative estimate of drug-likeness (QED) is 0.799. The molecule has 1 aromatic heterocycles. The minimum atomic E-state index is -0.454. The molecule has 0 aliphatic carbocycles. The molecular weight excluding hydrogens is 308 g/mol. The van der Waals surface area contributed by atoms with Gasteiger partial charge in [0, 0.05) is 31.4 Å². The Morgan fingerprint density at radius 3 is 2.83 bits per heavy atom. The van der Waals surface area contributed by atoms with Gasteiger partial charge >= 0.3 is 5.97 Å². The standard InChI is InChI=1S/C17H26N4O3/c1-4-17(16(23)24-5-2)10-12-6-7-13(17)21(12)11-15(22)18-14-8-9-20(3)19-14/h8-9,12-13H,4-7,10-11H2,1-3H3,(H,18,19,22)/t12-,13+,17+/m1/s1. The Bertz CT molecular complexity index is 629. The number of amides is 1. The van der Waals surface area contributed by atoms with Crippen LogP contribution >= 0.6 is 0 Å². The summed E-state index contributed by atoms with van der Waals surface area (Å²) < 4.78 is 7.00. The lowest BCUT2D eigenvalue weighted by atomic mass is 9.72. The highest BCUT2D eigenvalue weighted by Gasteiger charge is 2.59. The number of hydrogen-bond acceptors (Lipinski definition) is 5. The Balaban J connectivity index is 1.68. The van der Waals surface area contributed by atoms with Gasteiger partial charge in [-0.2, -0.15) is 5.10 Å². The van der Waals surface area contributed by atoms with Crippen molar-refractivity contribution >= 4 is 17.7 Å². The molecule has 0 spiro atoms. The highest BCUT2D eigenvalue weighted by atomic mass is 16.5. The number of fused-ring (bicyclic) bond motifs is 2. The third-order valence-corrected chi connectivity index (χ3v) is 5.50. The fourth-order valence-corrected chi connectivity index (χ4v) is 4.39. The number of aromatic nitrogens is 2. The minimum absolute atomic E-state index is 0.0821. The molecule has 2 aliphatic rings. The van der Waals surface area contributed by atoms with Gasteiger partial charge < -0.3 is 10.1 Å². The molecule has 3 atom stereocenters. The van der Waals surface area contributed by atoms with Crippen molar-refractivity contribution in [2.24, 2.45) is 12.5 Å². The molecule has 2 fully saturated rings. The molecule has 2 aliphatic heterocycles. The van der Waals surface area contributed by atoms with E-state index in [9.17, 15) is 9.59 Å². The van der Waals surface area contributed by atoms with Crippen LogP contribution in [0, 0.1) is 5.41 Å². The predicted octanol–water partition coefficient (Wildman–Crippen LogP) is 1.55. The largest absolute Gasteiger partial charge is 0.466 e. The van der Waals surface area contributed by atoms with Crippen LogP contribution in [0.1, 0.15) is 39.5 Å². The van der Waals surface area contributed by atoms with Crippen LogP contribution in [0.2, 0.25) is 0 Å². The molecule has 0 aromatic carbocycles. The zero-order chi connectivity index (χ0) is 17.3. The van der Waals surface area contributed by atoms with Crippen molar-refractivity contribution in [1.82, 2.24) is 14.7 Å². The molecule has 2 saturated heterocycles. The Morgan fingerprint density at radius 1 is 1.42 bits per heavy atom. The van der Waals surface area contributed by atoms with E-state index < -0.39 is 5.41 Å². The molecule has 7 heteroatoms. The van der Waals surface area contributed by atoms with E-state index in [4.69, 9.17) is 4.74 Å². The monoisotopic (exact) mass is 334 g/mol. The topological polar surface area (TPSA) is 76.5 Å². The predicted molar refractivity (Wildman–Crippen MR) is 89.3 cm³/mol. The third-order valence-electron chi connectivity index (χ3n) is 5.50. The summed E-state index contributed by atoms with van der Waals surface area (Å²) >= 11 is 0. The number of nitrogens with zero attached hydrogens (tertiary/aromatic N) is 3. The van der Waals surface area contributed by atoms with E-state index in [1.54, 1.807) is 16.9 Å². The van der Waals surface area contributed by atoms with Crippen LogP contribution in [0.25, 0.3) is 0 Å². The molecule has 132 valence electrons. The minimum Gasteiger partial charge on any atom is -0.466 e. The number of rotatable bonds is 6. The summed E-state index contributed by atoms with van der Waals surface area (Å²) in [6, 6.07) is 2.15. The summed E-state index contributed by atoms with van der Waals surface area (Å²) in [6.45, 7) is 4.58. The van der Waals surface area contributed by atoms with Gasteiger partial charge in [0.2, 0.25) is 5.91 Å². The summed E-state index contributed by atoms with van der Waals surface area (Å²) in [6.07, 6.45) is 5.34. The molecule has 0 radical (unpaired) electrons. The van der Waals surface area contributed by atoms with Crippen LogP contribution in [0.3, 0.4) is 0 Å². The lowest BCUT2D eigenvalue weighted by molar-refractivity contribution is -0.158. The maximum atomic E-state index is 12.6. The molecule has 1 aromatic rings. The van der Waals surface area contributed by atoms with Gasteiger partial charge in [-0.15, -0.1) is 0 Å². The van der Waals surface area contributed by atoms with Gasteiger partial charge in [0.1, 0.15) is 0 Å². The van der Waals surface area contributed by atoms with E-state index in [0.717, 1.165) is 25.7 Å². The maximum absolute atomic E-state index is 12.6. The average Bonchev–Trinajstić information content (AvgIpc) is 3.21. The van der Waals surface area contributed by atoms with E-state index in [-0.39, 0.29) is 24.0 Å². The Kier molecular flexibility index (Phi) is 4.62. The van der Waals surface area contributed by atoms with Crippen LogP contribution in [-0.4, -0.2) is 51.8 Å². The Hall–Kier alpha value is -1.89. The van der Waals surface area contributed by atoms with Crippen LogP contribution in [-0.2, 0) is 21.4 Å². The molecular formula is C17H26N4O3. The Morgan fingerprint density at radius 2 is 2.21 bits per heavy atom.